The number of aliphatic hydroxyl groups is 2. The second kappa shape index (κ2) is 50.4. The van der Waals surface area contributed by atoms with Crippen molar-refractivity contribution >= 4 is 23.9 Å². The summed E-state index contributed by atoms with van der Waals surface area (Å²) in [7, 11) is 0. The van der Waals surface area contributed by atoms with Crippen molar-refractivity contribution in [1.82, 2.24) is 0 Å². The van der Waals surface area contributed by atoms with Crippen molar-refractivity contribution in [3.05, 3.63) is 0 Å². The average Bonchev–Trinajstić information content (AvgIpc) is 2.69. The predicted octanol–water partition coefficient (Wildman–Crippen LogP) is 7.91. The fourth-order valence-corrected chi connectivity index (χ4v) is 1.78. The van der Waals surface area contributed by atoms with Crippen LogP contribution in [0.2, 0.25) is 0 Å². The van der Waals surface area contributed by atoms with Gasteiger partial charge in [0.15, 0.2) is 0 Å². The number of unbranched alkanes of at least 4 members (excludes halogenated alkanes) is 12. The van der Waals surface area contributed by atoms with Crippen molar-refractivity contribution in [2.45, 2.75) is 144 Å². The first-order valence-electron chi connectivity index (χ1n) is 11.9. The zero-order chi connectivity index (χ0) is 20.7. The molecule has 2 N–H and O–H groups in total. The van der Waals surface area contributed by atoms with Crippen molar-refractivity contribution in [2.75, 3.05) is 13.2 Å². The Morgan fingerprint density at radius 1 is 0.333 bits per heavy atom. The molecule has 0 bridgehead atoms. The van der Waals surface area contributed by atoms with E-state index in [4.69, 9.17) is 10.2 Å². The van der Waals surface area contributed by atoms with E-state index in [9.17, 15) is 0 Å². The van der Waals surface area contributed by atoms with Crippen LogP contribution in [0.4, 0.5) is 0 Å². The molecule has 0 aromatic heterocycles. The maximum atomic E-state index is 8.42. The molecule has 0 aromatic rings. The normalized spacial score (nSPS) is 8.89. The van der Waals surface area contributed by atoms with E-state index in [-0.39, 0.29) is 23.9 Å². The molecule has 0 unspecified atom stereocenters. The maximum absolute atomic E-state index is 8.42. The molecule has 0 aliphatic rings. The number of hydrogen-bond donors (Lipinski definition) is 2. The number of hydrogen-bond acceptors (Lipinski definition) is 2. The molecule has 0 amide bonds. The van der Waals surface area contributed by atoms with E-state index in [2.05, 4.69) is 41.5 Å². The second-order valence-electron chi connectivity index (χ2n) is 6.98. The van der Waals surface area contributed by atoms with Crippen LogP contribution in [-0.2, 0) is 0 Å². The van der Waals surface area contributed by atoms with Gasteiger partial charge in [-0.05, 0) is 12.8 Å². The molecule has 0 saturated carbocycles. The summed E-state index contributed by atoms with van der Waals surface area (Å²) in [5.74, 6) is 0. The Bertz CT molecular complexity index is 132. The quantitative estimate of drug-likeness (QED) is 0.190. The summed E-state index contributed by atoms with van der Waals surface area (Å²) < 4.78 is 0. The number of rotatable bonds is 14. The largest absolute Gasteiger partial charge is 0.396 e. The van der Waals surface area contributed by atoms with E-state index in [0.29, 0.717) is 13.2 Å². The van der Waals surface area contributed by atoms with Gasteiger partial charge in [0, 0.05) is 37.1 Å². The molecular formula is C24H56O2Sn. The minimum absolute atomic E-state index is 0. The van der Waals surface area contributed by atoms with Gasteiger partial charge in [-0.25, -0.2) is 0 Å². The van der Waals surface area contributed by atoms with Crippen LogP contribution in [0.15, 0.2) is 0 Å². The van der Waals surface area contributed by atoms with Crippen LogP contribution < -0.4 is 0 Å². The maximum Gasteiger partial charge on any atom is 0.0431 e. The van der Waals surface area contributed by atoms with E-state index in [1.54, 1.807) is 0 Å². The molecule has 0 fully saturated rings. The second-order valence-corrected chi connectivity index (χ2v) is 6.98. The minimum atomic E-state index is 0. The van der Waals surface area contributed by atoms with Gasteiger partial charge in [-0.2, -0.15) is 0 Å². The van der Waals surface area contributed by atoms with Gasteiger partial charge in [0.25, 0.3) is 0 Å². The summed E-state index contributed by atoms with van der Waals surface area (Å²) >= 11 is 0. The van der Waals surface area contributed by atoms with E-state index in [0.717, 1.165) is 12.8 Å². The van der Waals surface area contributed by atoms with Crippen LogP contribution in [0.3, 0.4) is 0 Å². The van der Waals surface area contributed by atoms with Crippen molar-refractivity contribution in [2.24, 2.45) is 0 Å². The minimum Gasteiger partial charge on any atom is -0.396 e. The van der Waals surface area contributed by atoms with Crippen molar-refractivity contribution < 1.29 is 10.2 Å². The average molecular weight is 495 g/mol. The van der Waals surface area contributed by atoms with Crippen LogP contribution >= 0.6 is 0 Å². The third-order valence-electron chi connectivity index (χ3n) is 4.02. The summed E-state index contributed by atoms with van der Waals surface area (Å²) in [6.45, 7) is 13.9. The van der Waals surface area contributed by atoms with Gasteiger partial charge < -0.3 is 10.2 Å². The standard InChI is InChI=1S/2C8H18O.2C4H10.Sn/c2*1-2-3-4-5-6-7-8-9;2*1-3-4-2;/h2*9H,2-8H2,1H3;2*3-4H2,1-2H3;. The topological polar surface area (TPSA) is 40.5 Å². The molecule has 0 aromatic carbocycles. The fourth-order valence-electron chi connectivity index (χ4n) is 1.78. The van der Waals surface area contributed by atoms with Crippen LogP contribution in [-0.4, -0.2) is 47.3 Å². The Morgan fingerprint density at radius 2 is 0.556 bits per heavy atom. The molecule has 2 nitrogen and oxygen atoms in total. The predicted molar refractivity (Wildman–Crippen MR) is 128 cm³/mol. The van der Waals surface area contributed by atoms with Gasteiger partial charge in [0.05, 0.1) is 0 Å². The first-order valence-corrected chi connectivity index (χ1v) is 11.9. The Hall–Kier alpha value is 0.719. The zero-order valence-electron chi connectivity index (χ0n) is 20.1. The van der Waals surface area contributed by atoms with Gasteiger partial charge in [0.1, 0.15) is 0 Å². The first-order chi connectivity index (χ1) is 12.7. The smallest absolute Gasteiger partial charge is 0.0431 e. The van der Waals surface area contributed by atoms with Crippen molar-refractivity contribution in [3.63, 3.8) is 0 Å². The summed E-state index contributed by atoms with van der Waals surface area (Å²) in [4.78, 5) is 0. The van der Waals surface area contributed by atoms with Crippen LogP contribution in [0.25, 0.3) is 0 Å². The Labute approximate surface area is 191 Å². The fraction of sp³-hybridized carbons (Fsp3) is 1.00. The van der Waals surface area contributed by atoms with Crippen LogP contribution in [0, 0.1) is 0 Å². The molecule has 0 rings (SSSR count). The SMILES string of the molecule is CCCC.CCCC.CCCCCCCCO.CCCCCCCCO.[Sn]. The Morgan fingerprint density at radius 3 is 0.741 bits per heavy atom. The Kier molecular flexibility index (Phi) is 71.6. The summed E-state index contributed by atoms with van der Waals surface area (Å²) in [5, 5.41) is 16.8. The van der Waals surface area contributed by atoms with Gasteiger partial charge in [-0.15, -0.1) is 0 Å². The summed E-state index contributed by atoms with van der Waals surface area (Å²) in [6.07, 6.45) is 20.3. The van der Waals surface area contributed by atoms with Gasteiger partial charge >= 0.3 is 0 Å². The molecule has 168 valence electrons. The summed E-state index contributed by atoms with van der Waals surface area (Å²) in [5.41, 5.74) is 0. The zero-order valence-corrected chi connectivity index (χ0v) is 23.0. The molecule has 0 aliphatic heterocycles. The molecule has 0 saturated heterocycles. The van der Waals surface area contributed by atoms with Crippen LogP contribution in [0.5, 0.6) is 0 Å². The molecule has 4 radical (unpaired) electrons. The van der Waals surface area contributed by atoms with Gasteiger partial charge in [-0.3, -0.25) is 0 Å². The Balaban J connectivity index is -0.0000000843. The van der Waals surface area contributed by atoms with E-state index < -0.39 is 0 Å². The molecular weight excluding hydrogens is 439 g/mol. The molecule has 0 heterocycles. The molecule has 27 heavy (non-hydrogen) atoms. The first kappa shape index (κ1) is 38.3. The van der Waals surface area contributed by atoms with E-state index in [1.165, 1.54) is 89.9 Å². The van der Waals surface area contributed by atoms with Crippen LogP contribution in [0.1, 0.15) is 144 Å². The summed E-state index contributed by atoms with van der Waals surface area (Å²) in [6, 6.07) is 0. The molecule has 0 spiro atoms. The monoisotopic (exact) mass is 496 g/mol. The number of aliphatic hydroxyl groups excluding tert-OH is 2. The van der Waals surface area contributed by atoms with E-state index >= 15 is 0 Å². The third-order valence-corrected chi connectivity index (χ3v) is 4.02. The third kappa shape index (κ3) is 75.4. The molecule has 0 aliphatic carbocycles. The molecule has 0 atom stereocenters. The van der Waals surface area contributed by atoms with Crippen molar-refractivity contribution in [3.8, 4) is 0 Å². The van der Waals surface area contributed by atoms with Crippen molar-refractivity contribution in [1.29, 1.82) is 0 Å². The van der Waals surface area contributed by atoms with Gasteiger partial charge in [-0.1, -0.05) is 131 Å². The van der Waals surface area contributed by atoms with Gasteiger partial charge in [0.2, 0.25) is 0 Å². The molecule has 3 heteroatoms. The van der Waals surface area contributed by atoms with E-state index in [1.807, 2.05) is 0 Å².